The van der Waals surface area contributed by atoms with Crippen LogP contribution in [0.15, 0.2) is 48.8 Å². The Morgan fingerprint density at radius 2 is 1.69 bits per heavy atom. The van der Waals surface area contributed by atoms with Gasteiger partial charge in [-0.3, -0.25) is 0 Å². The van der Waals surface area contributed by atoms with Crippen molar-refractivity contribution in [1.82, 2.24) is 9.97 Å². The number of anilines is 1. The first-order valence-corrected chi connectivity index (χ1v) is 11.3. The molecule has 0 spiro atoms. The molecule has 8 heteroatoms. The summed E-state index contributed by atoms with van der Waals surface area (Å²) < 4.78 is 28.6. The number of aryl methyl sites for hydroxylation is 1. The summed E-state index contributed by atoms with van der Waals surface area (Å²) in [6.07, 6.45) is 4.79. The topological polar surface area (TPSA) is 99.1 Å². The third-order valence-corrected chi connectivity index (χ3v) is 6.41. The van der Waals surface area contributed by atoms with Crippen LogP contribution in [-0.2, 0) is 0 Å². The molecule has 0 unspecified atom stereocenters. The van der Waals surface area contributed by atoms with Crippen LogP contribution in [0.2, 0.25) is 0 Å². The van der Waals surface area contributed by atoms with Crippen LogP contribution in [0.5, 0.6) is 5.75 Å². The number of fused-ring (bicyclic) bond motifs is 1. The number of hydrogen-bond donors (Lipinski definition) is 2. The summed E-state index contributed by atoms with van der Waals surface area (Å²) in [5, 5.41) is 20.5. The van der Waals surface area contributed by atoms with E-state index in [1.165, 1.54) is 24.4 Å². The maximum absolute atomic E-state index is 14.3. The van der Waals surface area contributed by atoms with E-state index < -0.39 is 5.82 Å². The molecule has 1 aliphatic rings. The lowest BCUT2D eigenvalue weighted by atomic mass is 9.96. The second kappa shape index (κ2) is 8.93. The number of nitrogens with zero attached hydrogens (tertiary/aromatic N) is 4. The number of benzene rings is 2. The molecule has 2 aromatic heterocycles. The van der Waals surface area contributed by atoms with E-state index in [-0.39, 0.29) is 28.7 Å². The average Bonchev–Trinajstić information content (AvgIpc) is 2.84. The second-order valence-electron chi connectivity index (χ2n) is 8.92. The van der Waals surface area contributed by atoms with Gasteiger partial charge in [0, 0.05) is 53.6 Å². The number of phenols is 1. The number of phenolic OH excluding ortho intramolecular Hbond substituents is 1. The molecular formula is C27H23F2N5O. The van der Waals surface area contributed by atoms with E-state index in [1.807, 2.05) is 19.1 Å². The van der Waals surface area contributed by atoms with Crippen LogP contribution >= 0.6 is 0 Å². The van der Waals surface area contributed by atoms with Crippen molar-refractivity contribution >= 4 is 16.7 Å². The molecule has 4 aromatic rings. The summed E-state index contributed by atoms with van der Waals surface area (Å²) in [6.45, 7) is 3.24. The van der Waals surface area contributed by atoms with Gasteiger partial charge in [-0.1, -0.05) is 6.07 Å². The molecule has 0 bridgehead atoms. The van der Waals surface area contributed by atoms with Gasteiger partial charge in [0.1, 0.15) is 23.5 Å². The van der Waals surface area contributed by atoms with Gasteiger partial charge < -0.3 is 15.7 Å². The number of hydrogen-bond acceptors (Lipinski definition) is 6. The summed E-state index contributed by atoms with van der Waals surface area (Å²) in [5.74, 6) is -1.29. The third kappa shape index (κ3) is 4.27. The Kier molecular flexibility index (Phi) is 5.79. The van der Waals surface area contributed by atoms with Crippen LogP contribution in [0.4, 0.5) is 14.5 Å². The Morgan fingerprint density at radius 3 is 2.40 bits per heavy atom. The van der Waals surface area contributed by atoms with Crippen molar-refractivity contribution in [3.63, 3.8) is 0 Å². The van der Waals surface area contributed by atoms with E-state index in [1.54, 1.807) is 12.3 Å². The number of rotatable bonds is 3. The molecule has 1 fully saturated rings. The fourth-order valence-corrected chi connectivity index (χ4v) is 4.69. The number of pyridine rings is 2. The van der Waals surface area contributed by atoms with Crippen LogP contribution < -0.4 is 10.6 Å². The predicted octanol–water partition coefficient (Wildman–Crippen LogP) is 5.06. The van der Waals surface area contributed by atoms with Crippen molar-refractivity contribution in [3.05, 3.63) is 71.6 Å². The molecule has 6 nitrogen and oxygen atoms in total. The van der Waals surface area contributed by atoms with Crippen LogP contribution in [0.3, 0.4) is 0 Å². The first kappa shape index (κ1) is 22.7. The molecule has 5 rings (SSSR count). The molecule has 0 amide bonds. The Balaban J connectivity index is 1.77. The van der Waals surface area contributed by atoms with Crippen molar-refractivity contribution in [3.8, 4) is 34.1 Å². The van der Waals surface area contributed by atoms with E-state index in [4.69, 9.17) is 5.73 Å². The molecule has 0 saturated carbocycles. The van der Waals surface area contributed by atoms with Gasteiger partial charge in [-0.25, -0.2) is 18.7 Å². The highest BCUT2D eigenvalue weighted by molar-refractivity contribution is 6.00. The van der Waals surface area contributed by atoms with Gasteiger partial charge in [0.2, 0.25) is 0 Å². The number of halogens is 2. The first-order chi connectivity index (χ1) is 16.8. The van der Waals surface area contributed by atoms with Gasteiger partial charge in [0.25, 0.3) is 0 Å². The van der Waals surface area contributed by atoms with Crippen molar-refractivity contribution in [1.29, 1.82) is 5.26 Å². The average molecular weight is 472 g/mol. The number of nitrogens with two attached hydrogens (primary N) is 1. The lowest BCUT2D eigenvalue weighted by Gasteiger charge is -2.34. The Morgan fingerprint density at radius 1 is 0.971 bits per heavy atom. The molecule has 0 radical (unpaired) electrons. The highest BCUT2D eigenvalue weighted by Gasteiger charge is 2.23. The minimum absolute atomic E-state index is 0.113. The summed E-state index contributed by atoms with van der Waals surface area (Å²) in [7, 11) is 0. The smallest absolute Gasteiger partial charge is 0.161 e. The summed E-state index contributed by atoms with van der Waals surface area (Å²) in [5.41, 5.74) is 10.1. The van der Waals surface area contributed by atoms with Crippen molar-refractivity contribution in [2.24, 2.45) is 5.73 Å². The molecule has 0 atom stereocenters. The number of nitriles is 1. The van der Waals surface area contributed by atoms with Gasteiger partial charge in [-0.2, -0.15) is 5.26 Å². The molecule has 35 heavy (non-hydrogen) atoms. The quantitative estimate of drug-likeness (QED) is 0.434. The zero-order valence-electron chi connectivity index (χ0n) is 19.1. The highest BCUT2D eigenvalue weighted by Crippen LogP contribution is 2.40. The Labute approximate surface area is 201 Å². The van der Waals surface area contributed by atoms with Crippen molar-refractivity contribution in [2.45, 2.75) is 25.8 Å². The maximum atomic E-state index is 14.3. The summed E-state index contributed by atoms with van der Waals surface area (Å²) in [4.78, 5) is 11.2. The standard InChI is InChI=1S/C27H23F2N5O/c1-15-6-16(8-19(28)7-15)24-14-33-27-23(25(24)34-4-2-21(31)3-5-34)10-18(13-32-27)22-11-20(29)9-17(12-30)26(22)35/h6-11,13-14,21,35H,2-5,31H2,1H3. The minimum atomic E-state index is -0.637. The van der Waals surface area contributed by atoms with Crippen LogP contribution in [0, 0.1) is 29.9 Å². The molecule has 0 aliphatic carbocycles. The van der Waals surface area contributed by atoms with Crippen molar-refractivity contribution < 1.29 is 13.9 Å². The first-order valence-electron chi connectivity index (χ1n) is 11.3. The van der Waals surface area contributed by atoms with E-state index in [2.05, 4.69) is 14.9 Å². The van der Waals surface area contributed by atoms with Gasteiger partial charge in [-0.05, 0) is 61.2 Å². The van der Waals surface area contributed by atoms with Crippen LogP contribution in [0.25, 0.3) is 33.3 Å². The van der Waals surface area contributed by atoms with Crippen LogP contribution in [0.1, 0.15) is 24.0 Å². The number of aromatic nitrogens is 2. The summed E-state index contributed by atoms with van der Waals surface area (Å²) in [6, 6.07) is 10.7. The van der Waals surface area contributed by atoms with E-state index in [0.29, 0.717) is 35.2 Å². The lowest BCUT2D eigenvalue weighted by Crippen LogP contribution is -2.40. The van der Waals surface area contributed by atoms with Crippen LogP contribution in [-0.4, -0.2) is 34.2 Å². The van der Waals surface area contributed by atoms with Gasteiger partial charge in [-0.15, -0.1) is 0 Å². The molecule has 1 saturated heterocycles. The summed E-state index contributed by atoms with van der Waals surface area (Å²) >= 11 is 0. The fraction of sp³-hybridized carbons (Fsp3) is 0.222. The highest BCUT2D eigenvalue weighted by atomic mass is 19.1. The van der Waals surface area contributed by atoms with Gasteiger partial charge in [0.05, 0.1) is 11.3 Å². The Bertz CT molecular complexity index is 1470. The van der Waals surface area contributed by atoms with Gasteiger partial charge in [0.15, 0.2) is 5.65 Å². The van der Waals surface area contributed by atoms with E-state index >= 15 is 0 Å². The molecule has 1 aliphatic heterocycles. The SMILES string of the molecule is Cc1cc(F)cc(-c2cnc3ncc(-c4cc(F)cc(C#N)c4O)cc3c2N2CCC(N)CC2)c1. The van der Waals surface area contributed by atoms with E-state index in [0.717, 1.165) is 35.7 Å². The molecule has 2 aromatic carbocycles. The number of piperidine rings is 1. The largest absolute Gasteiger partial charge is 0.506 e. The van der Waals surface area contributed by atoms with E-state index in [9.17, 15) is 19.1 Å². The lowest BCUT2D eigenvalue weighted by molar-refractivity contribution is 0.473. The zero-order valence-corrected chi connectivity index (χ0v) is 19.1. The molecule has 3 N–H and O–H groups in total. The normalized spacial score (nSPS) is 14.3. The monoisotopic (exact) mass is 471 g/mol. The second-order valence-corrected chi connectivity index (χ2v) is 8.92. The predicted molar refractivity (Wildman–Crippen MR) is 131 cm³/mol. The fourth-order valence-electron chi connectivity index (χ4n) is 4.69. The molecular weight excluding hydrogens is 448 g/mol. The maximum Gasteiger partial charge on any atom is 0.161 e. The number of aromatic hydroxyl groups is 1. The molecule has 176 valence electrons. The third-order valence-electron chi connectivity index (χ3n) is 6.41. The minimum Gasteiger partial charge on any atom is -0.506 e. The van der Waals surface area contributed by atoms with Gasteiger partial charge >= 0.3 is 0 Å². The Hall–Kier alpha value is -4.09. The van der Waals surface area contributed by atoms with Crippen molar-refractivity contribution in [2.75, 3.05) is 18.0 Å². The zero-order chi connectivity index (χ0) is 24.7. The molecule has 3 heterocycles.